The van der Waals surface area contributed by atoms with Gasteiger partial charge in [-0.25, -0.2) is 4.39 Å². The minimum atomic E-state index is -0.854. The highest BCUT2D eigenvalue weighted by molar-refractivity contribution is 5.33. The monoisotopic (exact) mass is 230 g/mol. The highest BCUT2D eigenvalue weighted by Crippen LogP contribution is 2.29. The SMILES string of the molecule is OC(/C1=C(F)/C=C\C=C/CC1)c1ccccc1. The number of halogens is 1. The summed E-state index contributed by atoms with van der Waals surface area (Å²) in [7, 11) is 0. The number of aliphatic hydroxyl groups excluding tert-OH is 1. The van der Waals surface area contributed by atoms with Gasteiger partial charge in [0.15, 0.2) is 0 Å². The van der Waals surface area contributed by atoms with Crippen molar-refractivity contribution in [3.05, 3.63) is 71.6 Å². The quantitative estimate of drug-likeness (QED) is 0.818. The molecule has 1 atom stereocenters. The molecular weight excluding hydrogens is 215 g/mol. The van der Waals surface area contributed by atoms with E-state index in [0.29, 0.717) is 12.0 Å². The lowest BCUT2D eigenvalue weighted by Gasteiger charge is -2.16. The Labute approximate surface area is 101 Å². The molecule has 1 aromatic carbocycles. The van der Waals surface area contributed by atoms with Crippen LogP contribution >= 0.6 is 0 Å². The van der Waals surface area contributed by atoms with Gasteiger partial charge in [-0.3, -0.25) is 0 Å². The second-order valence-corrected chi connectivity index (χ2v) is 4.01. The van der Waals surface area contributed by atoms with Crippen LogP contribution in [0.25, 0.3) is 0 Å². The Morgan fingerprint density at radius 2 is 1.88 bits per heavy atom. The zero-order valence-corrected chi connectivity index (χ0v) is 9.51. The molecule has 0 spiro atoms. The number of aliphatic hydroxyl groups is 1. The summed E-state index contributed by atoms with van der Waals surface area (Å²) in [6.07, 6.45) is 7.29. The Hall–Kier alpha value is -1.67. The van der Waals surface area contributed by atoms with Crippen LogP contribution < -0.4 is 0 Å². The van der Waals surface area contributed by atoms with Crippen molar-refractivity contribution >= 4 is 0 Å². The van der Waals surface area contributed by atoms with Crippen molar-refractivity contribution in [2.45, 2.75) is 18.9 Å². The molecule has 0 saturated heterocycles. The third-order valence-electron chi connectivity index (χ3n) is 2.82. The van der Waals surface area contributed by atoms with E-state index in [1.165, 1.54) is 6.08 Å². The molecule has 0 fully saturated rings. The van der Waals surface area contributed by atoms with E-state index < -0.39 is 6.10 Å². The molecule has 0 aromatic heterocycles. The summed E-state index contributed by atoms with van der Waals surface area (Å²) >= 11 is 0. The molecule has 2 rings (SSSR count). The fraction of sp³-hybridized carbons (Fsp3) is 0.200. The third kappa shape index (κ3) is 2.92. The molecule has 0 amide bonds. The predicted molar refractivity (Wildman–Crippen MR) is 67.0 cm³/mol. The topological polar surface area (TPSA) is 20.2 Å². The molecule has 1 aromatic rings. The predicted octanol–water partition coefficient (Wildman–Crippen LogP) is 3.85. The van der Waals surface area contributed by atoms with Gasteiger partial charge in [0.2, 0.25) is 0 Å². The van der Waals surface area contributed by atoms with Crippen LogP contribution in [0.1, 0.15) is 24.5 Å². The van der Waals surface area contributed by atoms with Gasteiger partial charge in [0, 0.05) is 0 Å². The Morgan fingerprint density at radius 1 is 1.12 bits per heavy atom. The van der Waals surface area contributed by atoms with Crippen LogP contribution in [0.4, 0.5) is 4.39 Å². The molecule has 1 aliphatic carbocycles. The second-order valence-electron chi connectivity index (χ2n) is 4.01. The van der Waals surface area contributed by atoms with Gasteiger partial charge in [-0.1, -0.05) is 48.6 Å². The summed E-state index contributed by atoms with van der Waals surface area (Å²) in [4.78, 5) is 0. The Balaban J connectivity index is 2.29. The smallest absolute Gasteiger partial charge is 0.125 e. The van der Waals surface area contributed by atoms with E-state index in [0.717, 1.165) is 12.0 Å². The molecule has 1 unspecified atom stereocenters. The second kappa shape index (κ2) is 5.60. The van der Waals surface area contributed by atoms with Crippen molar-refractivity contribution in [3.8, 4) is 0 Å². The summed E-state index contributed by atoms with van der Waals surface area (Å²) in [5.41, 5.74) is 1.19. The molecule has 1 N–H and O–H groups in total. The highest BCUT2D eigenvalue weighted by atomic mass is 19.1. The van der Waals surface area contributed by atoms with Crippen molar-refractivity contribution in [1.29, 1.82) is 0 Å². The van der Waals surface area contributed by atoms with Gasteiger partial charge < -0.3 is 5.11 Å². The molecule has 0 aliphatic heterocycles. The first-order chi connectivity index (χ1) is 8.29. The first-order valence-corrected chi connectivity index (χ1v) is 5.74. The lowest BCUT2D eigenvalue weighted by molar-refractivity contribution is 0.207. The molecular formula is C15H15FO. The maximum Gasteiger partial charge on any atom is 0.125 e. The van der Waals surface area contributed by atoms with Gasteiger partial charge in [-0.15, -0.1) is 0 Å². The summed E-state index contributed by atoms with van der Waals surface area (Å²) in [6, 6.07) is 9.18. The summed E-state index contributed by atoms with van der Waals surface area (Å²) in [5.74, 6) is -0.328. The summed E-state index contributed by atoms with van der Waals surface area (Å²) in [6.45, 7) is 0. The lowest BCUT2D eigenvalue weighted by atomic mass is 9.96. The van der Waals surface area contributed by atoms with E-state index >= 15 is 0 Å². The van der Waals surface area contributed by atoms with Crippen LogP contribution in [0.15, 0.2) is 66.0 Å². The molecule has 1 nitrogen and oxygen atoms in total. The third-order valence-corrected chi connectivity index (χ3v) is 2.82. The van der Waals surface area contributed by atoms with E-state index in [4.69, 9.17) is 0 Å². The molecule has 0 radical (unpaired) electrons. The van der Waals surface area contributed by atoms with Crippen LogP contribution in [-0.2, 0) is 0 Å². The molecule has 0 saturated carbocycles. The first-order valence-electron chi connectivity index (χ1n) is 5.74. The molecule has 2 heteroatoms. The largest absolute Gasteiger partial charge is 0.384 e. The zero-order chi connectivity index (χ0) is 12.1. The Morgan fingerprint density at radius 3 is 2.65 bits per heavy atom. The van der Waals surface area contributed by atoms with Crippen molar-refractivity contribution in [2.75, 3.05) is 0 Å². The van der Waals surface area contributed by atoms with Crippen LogP contribution in [0.3, 0.4) is 0 Å². The molecule has 0 heterocycles. The van der Waals surface area contributed by atoms with Gasteiger partial charge in [-0.2, -0.15) is 0 Å². The average molecular weight is 230 g/mol. The van der Waals surface area contributed by atoms with Gasteiger partial charge in [0.05, 0.1) is 0 Å². The lowest BCUT2D eigenvalue weighted by Crippen LogP contribution is -2.03. The number of hydrogen-bond acceptors (Lipinski definition) is 1. The van der Waals surface area contributed by atoms with Crippen molar-refractivity contribution in [2.24, 2.45) is 0 Å². The molecule has 17 heavy (non-hydrogen) atoms. The normalized spacial score (nSPS) is 25.8. The Bertz CT molecular complexity index is 457. The van der Waals surface area contributed by atoms with Gasteiger partial charge in [-0.05, 0) is 30.1 Å². The van der Waals surface area contributed by atoms with Crippen molar-refractivity contribution in [3.63, 3.8) is 0 Å². The molecule has 0 bridgehead atoms. The van der Waals surface area contributed by atoms with Crippen molar-refractivity contribution in [1.82, 2.24) is 0 Å². The summed E-state index contributed by atoms with van der Waals surface area (Å²) in [5, 5.41) is 10.2. The minimum absolute atomic E-state index is 0.328. The van der Waals surface area contributed by atoms with E-state index in [1.807, 2.05) is 42.5 Å². The summed E-state index contributed by atoms with van der Waals surface area (Å²) < 4.78 is 13.8. The number of allylic oxidation sites excluding steroid dienone is 5. The van der Waals surface area contributed by atoms with Gasteiger partial charge in [0.1, 0.15) is 11.9 Å². The van der Waals surface area contributed by atoms with Crippen LogP contribution in [0.5, 0.6) is 0 Å². The number of rotatable bonds is 2. The maximum atomic E-state index is 13.8. The Kier molecular flexibility index (Phi) is 3.89. The standard InChI is InChI=1S/C15H15FO/c16-14-11-7-2-1-6-10-13(14)15(17)12-8-4-3-5-9-12/h1-5,7-9,11,15,17H,6,10H2/b2-1-,11-7-,14-13-. The first kappa shape index (κ1) is 11.8. The van der Waals surface area contributed by atoms with Gasteiger partial charge >= 0.3 is 0 Å². The van der Waals surface area contributed by atoms with Crippen LogP contribution in [-0.4, -0.2) is 5.11 Å². The maximum absolute atomic E-state index is 13.8. The van der Waals surface area contributed by atoms with E-state index in [-0.39, 0.29) is 5.83 Å². The van der Waals surface area contributed by atoms with Crippen molar-refractivity contribution < 1.29 is 9.50 Å². The fourth-order valence-corrected chi connectivity index (χ4v) is 1.88. The number of benzene rings is 1. The fourth-order valence-electron chi connectivity index (χ4n) is 1.88. The van der Waals surface area contributed by atoms with E-state index in [9.17, 15) is 9.50 Å². The van der Waals surface area contributed by atoms with Gasteiger partial charge in [0.25, 0.3) is 0 Å². The highest BCUT2D eigenvalue weighted by Gasteiger charge is 2.16. The molecule has 88 valence electrons. The number of hydrogen-bond donors (Lipinski definition) is 1. The minimum Gasteiger partial charge on any atom is -0.384 e. The van der Waals surface area contributed by atoms with Crippen LogP contribution in [0.2, 0.25) is 0 Å². The average Bonchev–Trinajstić information content (AvgIpc) is 2.35. The van der Waals surface area contributed by atoms with E-state index in [1.54, 1.807) is 6.08 Å². The molecule has 1 aliphatic rings. The van der Waals surface area contributed by atoms with E-state index in [2.05, 4.69) is 0 Å². The zero-order valence-electron chi connectivity index (χ0n) is 9.51. The van der Waals surface area contributed by atoms with Crippen LogP contribution in [0, 0.1) is 0 Å².